The second kappa shape index (κ2) is 8.42. The first-order valence-corrected chi connectivity index (χ1v) is 8.60. The van der Waals surface area contributed by atoms with E-state index in [1.165, 1.54) is 5.56 Å². The van der Waals surface area contributed by atoms with Crippen molar-refractivity contribution in [1.82, 2.24) is 10.2 Å². The van der Waals surface area contributed by atoms with Gasteiger partial charge in [-0.2, -0.15) is 0 Å². The SMILES string of the molecule is CN=C(NCc1ccc2c(c1)OCCCO2)N(C)Cc1ccccc1. The van der Waals surface area contributed by atoms with Crippen LogP contribution in [-0.4, -0.2) is 38.2 Å². The minimum atomic E-state index is 0.683. The Morgan fingerprint density at radius 2 is 1.80 bits per heavy atom. The molecule has 0 bridgehead atoms. The summed E-state index contributed by atoms with van der Waals surface area (Å²) >= 11 is 0. The summed E-state index contributed by atoms with van der Waals surface area (Å²) in [7, 11) is 3.84. The van der Waals surface area contributed by atoms with Gasteiger partial charge in [0.05, 0.1) is 13.2 Å². The Morgan fingerprint density at radius 3 is 2.56 bits per heavy atom. The lowest BCUT2D eigenvalue weighted by molar-refractivity contribution is 0.297. The first-order valence-electron chi connectivity index (χ1n) is 8.60. The zero-order valence-electron chi connectivity index (χ0n) is 14.9. The third kappa shape index (κ3) is 4.66. The van der Waals surface area contributed by atoms with Crippen LogP contribution in [0.1, 0.15) is 17.5 Å². The number of aliphatic imine (C=N–C) groups is 1. The van der Waals surface area contributed by atoms with Gasteiger partial charge in [0.15, 0.2) is 17.5 Å². The smallest absolute Gasteiger partial charge is 0.193 e. The van der Waals surface area contributed by atoms with Gasteiger partial charge in [-0.05, 0) is 23.3 Å². The van der Waals surface area contributed by atoms with E-state index in [4.69, 9.17) is 9.47 Å². The largest absolute Gasteiger partial charge is 0.490 e. The maximum absolute atomic E-state index is 5.76. The highest BCUT2D eigenvalue weighted by Crippen LogP contribution is 2.30. The molecule has 1 aliphatic heterocycles. The van der Waals surface area contributed by atoms with Crippen molar-refractivity contribution in [3.8, 4) is 11.5 Å². The van der Waals surface area contributed by atoms with Gasteiger partial charge in [0.25, 0.3) is 0 Å². The molecule has 1 aliphatic rings. The molecule has 0 aliphatic carbocycles. The highest BCUT2D eigenvalue weighted by atomic mass is 16.5. The number of rotatable bonds is 4. The molecule has 2 aromatic carbocycles. The highest BCUT2D eigenvalue weighted by molar-refractivity contribution is 5.79. The van der Waals surface area contributed by atoms with Crippen molar-refractivity contribution in [3.05, 3.63) is 59.7 Å². The Bertz CT molecular complexity index is 716. The first-order chi connectivity index (χ1) is 12.3. The maximum atomic E-state index is 5.76. The summed E-state index contributed by atoms with van der Waals surface area (Å²) in [6.45, 7) is 2.90. The lowest BCUT2D eigenvalue weighted by Crippen LogP contribution is -2.38. The molecule has 25 heavy (non-hydrogen) atoms. The van der Waals surface area contributed by atoms with Gasteiger partial charge in [-0.25, -0.2) is 0 Å². The van der Waals surface area contributed by atoms with E-state index < -0.39 is 0 Å². The van der Waals surface area contributed by atoms with E-state index in [1.54, 1.807) is 7.05 Å². The quantitative estimate of drug-likeness (QED) is 0.687. The van der Waals surface area contributed by atoms with E-state index in [9.17, 15) is 0 Å². The van der Waals surface area contributed by atoms with Crippen LogP contribution in [0.5, 0.6) is 11.5 Å². The molecule has 3 rings (SSSR count). The topological polar surface area (TPSA) is 46.1 Å². The fraction of sp³-hybridized carbons (Fsp3) is 0.350. The first kappa shape index (κ1) is 17.1. The molecule has 2 aromatic rings. The summed E-state index contributed by atoms with van der Waals surface area (Å²) in [6.07, 6.45) is 0.916. The average molecular weight is 339 g/mol. The van der Waals surface area contributed by atoms with Crippen LogP contribution < -0.4 is 14.8 Å². The average Bonchev–Trinajstić information content (AvgIpc) is 2.88. The minimum Gasteiger partial charge on any atom is -0.490 e. The second-order valence-corrected chi connectivity index (χ2v) is 6.07. The van der Waals surface area contributed by atoms with Crippen molar-refractivity contribution in [3.63, 3.8) is 0 Å². The van der Waals surface area contributed by atoms with E-state index in [1.807, 2.05) is 25.2 Å². The molecule has 0 aromatic heterocycles. The van der Waals surface area contributed by atoms with Gasteiger partial charge in [0.2, 0.25) is 0 Å². The van der Waals surface area contributed by atoms with Gasteiger partial charge in [0.1, 0.15) is 0 Å². The Kier molecular flexibility index (Phi) is 5.77. The Morgan fingerprint density at radius 1 is 1.04 bits per heavy atom. The molecule has 0 fully saturated rings. The van der Waals surface area contributed by atoms with Crippen LogP contribution >= 0.6 is 0 Å². The molecule has 0 saturated heterocycles. The number of benzene rings is 2. The van der Waals surface area contributed by atoms with Gasteiger partial charge in [-0.3, -0.25) is 4.99 Å². The molecule has 132 valence electrons. The molecular formula is C20H25N3O2. The summed E-state index contributed by atoms with van der Waals surface area (Å²) < 4.78 is 11.4. The van der Waals surface area contributed by atoms with Crippen molar-refractivity contribution in [2.75, 3.05) is 27.3 Å². The van der Waals surface area contributed by atoms with Crippen LogP contribution in [0.15, 0.2) is 53.5 Å². The zero-order chi connectivity index (χ0) is 17.5. The van der Waals surface area contributed by atoms with Crippen molar-refractivity contribution in [2.24, 2.45) is 4.99 Å². The Hall–Kier alpha value is -2.69. The van der Waals surface area contributed by atoms with E-state index >= 15 is 0 Å². The molecule has 5 nitrogen and oxygen atoms in total. The lowest BCUT2D eigenvalue weighted by atomic mass is 10.2. The molecule has 0 saturated carbocycles. The van der Waals surface area contributed by atoms with E-state index in [0.717, 1.165) is 36.0 Å². The fourth-order valence-corrected chi connectivity index (χ4v) is 2.82. The molecular weight excluding hydrogens is 314 g/mol. The van der Waals surface area contributed by atoms with Crippen LogP contribution in [-0.2, 0) is 13.1 Å². The summed E-state index contributed by atoms with van der Waals surface area (Å²) in [5.74, 6) is 2.51. The van der Waals surface area contributed by atoms with Crippen molar-refractivity contribution >= 4 is 5.96 Å². The fourth-order valence-electron chi connectivity index (χ4n) is 2.82. The Labute approximate surface area is 149 Å². The van der Waals surface area contributed by atoms with Gasteiger partial charge in [-0.1, -0.05) is 36.4 Å². The Balaban J connectivity index is 1.60. The van der Waals surface area contributed by atoms with Gasteiger partial charge in [0, 0.05) is 33.6 Å². The number of nitrogens with one attached hydrogen (secondary N) is 1. The number of fused-ring (bicyclic) bond motifs is 1. The van der Waals surface area contributed by atoms with E-state index in [0.29, 0.717) is 19.8 Å². The molecule has 0 amide bonds. The highest BCUT2D eigenvalue weighted by Gasteiger charge is 2.11. The minimum absolute atomic E-state index is 0.683. The number of guanidine groups is 1. The predicted octanol–water partition coefficient (Wildman–Crippen LogP) is 3.06. The predicted molar refractivity (Wildman–Crippen MR) is 100 cm³/mol. The summed E-state index contributed by atoms with van der Waals surface area (Å²) in [5.41, 5.74) is 2.39. The molecule has 0 unspecified atom stereocenters. The number of ether oxygens (including phenoxy) is 2. The number of hydrogen-bond acceptors (Lipinski definition) is 3. The molecule has 5 heteroatoms. The third-order valence-corrected chi connectivity index (χ3v) is 4.10. The molecule has 0 atom stereocenters. The summed E-state index contributed by atoms with van der Waals surface area (Å²) in [6, 6.07) is 16.5. The van der Waals surface area contributed by atoms with Crippen LogP contribution in [0.3, 0.4) is 0 Å². The lowest BCUT2D eigenvalue weighted by Gasteiger charge is -2.22. The van der Waals surface area contributed by atoms with Crippen LogP contribution in [0.2, 0.25) is 0 Å². The van der Waals surface area contributed by atoms with Crippen molar-refractivity contribution in [2.45, 2.75) is 19.5 Å². The van der Waals surface area contributed by atoms with Crippen molar-refractivity contribution < 1.29 is 9.47 Å². The van der Waals surface area contributed by atoms with Crippen LogP contribution in [0.4, 0.5) is 0 Å². The van der Waals surface area contributed by atoms with E-state index in [-0.39, 0.29) is 0 Å². The van der Waals surface area contributed by atoms with Gasteiger partial charge >= 0.3 is 0 Å². The number of hydrogen-bond donors (Lipinski definition) is 1. The zero-order valence-corrected chi connectivity index (χ0v) is 14.9. The standard InChI is InChI=1S/C20H25N3O2/c1-21-20(23(2)15-16-7-4-3-5-8-16)22-14-17-9-10-18-19(13-17)25-12-6-11-24-18/h3-5,7-10,13H,6,11-12,14-15H2,1-2H3,(H,21,22). The normalized spacial score (nSPS) is 13.9. The van der Waals surface area contributed by atoms with Crippen LogP contribution in [0, 0.1) is 0 Å². The molecule has 1 N–H and O–H groups in total. The monoisotopic (exact) mass is 339 g/mol. The molecule has 0 radical (unpaired) electrons. The summed E-state index contributed by atoms with van der Waals surface area (Å²) in [4.78, 5) is 6.49. The molecule has 1 heterocycles. The van der Waals surface area contributed by atoms with Crippen molar-refractivity contribution in [1.29, 1.82) is 0 Å². The van der Waals surface area contributed by atoms with E-state index in [2.05, 4.69) is 45.5 Å². The van der Waals surface area contributed by atoms with Gasteiger partial charge < -0.3 is 19.7 Å². The third-order valence-electron chi connectivity index (χ3n) is 4.10. The van der Waals surface area contributed by atoms with Gasteiger partial charge in [-0.15, -0.1) is 0 Å². The number of nitrogens with zero attached hydrogens (tertiary/aromatic N) is 2. The maximum Gasteiger partial charge on any atom is 0.193 e. The van der Waals surface area contributed by atoms with Crippen LogP contribution in [0.25, 0.3) is 0 Å². The molecule has 0 spiro atoms. The second-order valence-electron chi connectivity index (χ2n) is 6.07. The summed E-state index contributed by atoms with van der Waals surface area (Å²) in [5, 5.41) is 3.41.